The van der Waals surface area contributed by atoms with Crippen molar-refractivity contribution >= 4 is 51.7 Å². The van der Waals surface area contributed by atoms with Crippen LogP contribution in [0.4, 0.5) is 5.82 Å². The maximum Gasteiger partial charge on any atom is 0.267 e. The summed E-state index contributed by atoms with van der Waals surface area (Å²) in [6, 6.07) is 13.8. The van der Waals surface area contributed by atoms with Crippen molar-refractivity contribution in [2.45, 2.75) is 51.6 Å². The fourth-order valence-electron chi connectivity index (χ4n) is 4.47. The lowest BCUT2D eigenvalue weighted by molar-refractivity contribution is -0.122. The Kier molecular flexibility index (Phi) is 6.52. The number of amides is 1. The molecule has 6 nitrogen and oxygen atoms in total. The van der Waals surface area contributed by atoms with Crippen molar-refractivity contribution in [2.75, 3.05) is 5.32 Å². The summed E-state index contributed by atoms with van der Waals surface area (Å²) in [6.07, 6.45) is 9.11. The number of carbonyl (C=O) groups excluding carboxylic acids is 1. The van der Waals surface area contributed by atoms with E-state index in [9.17, 15) is 9.59 Å². The summed E-state index contributed by atoms with van der Waals surface area (Å²) in [4.78, 5) is 33.6. The molecule has 1 saturated carbocycles. The number of thiocarbonyl (C=S) groups is 1. The van der Waals surface area contributed by atoms with Gasteiger partial charge in [0, 0.05) is 12.2 Å². The number of anilines is 1. The van der Waals surface area contributed by atoms with Gasteiger partial charge in [-0.2, -0.15) is 0 Å². The molecule has 1 aliphatic heterocycles. The van der Waals surface area contributed by atoms with Gasteiger partial charge in [0.05, 0.1) is 17.0 Å². The van der Waals surface area contributed by atoms with Gasteiger partial charge in [0.1, 0.15) is 15.8 Å². The summed E-state index contributed by atoms with van der Waals surface area (Å²) in [6.45, 7) is 2.35. The normalized spacial score (nSPS) is 18.3. The van der Waals surface area contributed by atoms with Crippen molar-refractivity contribution in [1.29, 1.82) is 0 Å². The molecular weight excluding hydrogens is 464 g/mol. The highest BCUT2D eigenvalue weighted by Gasteiger charge is 2.33. The first-order chi connectivity index (χ1) is 16.5. The Morgan fingerprint density at radius 2 is 1.88 bits per heavy atom. The summed E-state index contributed by atoms with van der Waals surface area (Å²) >= 11 is 6.75. The summed E-state index contributed by atoms with van der Waals surface area (Å²) in [5.41, 5.74) is 2.75. The molecule has 0 unspecified atom stereocenters. The van der Waals surface area contributed by atoms with E-state index in [4.69, 9.17) is 17.2 Å². The number of benzene rings is 1. The van der Waals surface area contributed by atoms with Crippen LogP contribution in [0, 0.1) is 6.92 Å². The van der Waals surface area contributed by atoms with Gasteiger partial charge in [-0.3, -0.25) is 18.9 Å². The Hall–Kier alpha value is -2.97. The van der Waals surface area contributed by atoms with E-state index in [1.807, 2.05) is 49.4 Å². The van der Waals surface area contributed by atoms with E-state index in [0.29, 0.717) is 32.8 Å². The van der Waals surface area contributed by atoms with Crippen LogP contribution in [0.1, 0.15) is 48.8 Å². The van der Waals surface area contributed by atoms with Gasteiger partial charge in [-0.25, -0.2) is 4.98 Å². The van der Waals surface area contributed by atoms with Crippen molar-refractivity contribution in [3.05, 3.63) is 80.6 Å². The molecule has 1 amide bonds. The van der Waals surface area contributed by atoms with Crippen LogP contribution >= 0.6 is 24.0 Å². The average molecular weight is 491 g/mol. The van der Waals surface area contributed by atoms with Crippen LogP contribution in [-0.4, -0.2) is 30.6 Å². The molecule has 1 N–H and O–H groups in total. The minimum atomic E-state index is -0.194. The van der Waals surface area contributed by atoms with Gasteiger partial charge in [-0.15, -0.1) is 0 Å². The number of aryl methyl sites for hydroxylation is 1. The van der Waals surface area contributed by atoms with Crippen LogP contribution in [-0.2, 0) is 11.3 Å². The van der Waals surface area contributed by atoms with Crippen molar-refractivity contribution in [3.8, 4) is 0 Å². The zero-order chi connectivity index (χ0) is 23.7. The Labute approximate surface area is 208 Å². The maximum absolute atomic E-state index is 13.6. The molecule has 8 heteroatoms. The summed E-state index contributed by atoms with van der Waals surface area (Å²) in [7, 11) is 0. The Bertz CT molecular complexity index is 1340. The fraction of sp³-hybridized carbons (Fsp3) is 0.308. The van der Waals surface area contributed by atoms with E-state index in [0.717, 1.165) is 36.8 Å². The van der Waals surface area contributed by atoms with E-state index in [1.54, 1.807) is 21.6 Å². The van der Waals surface area contributed by atoms with Crippen molar-refractivity contribution in [1.82, 2.24) is 14.3 Å². The van der Waals surface area contributed by atoms with Gasteiger partial charge in [0.25, 0.3) is 11.5 Å². The number of nitrogens with zero attached hydrogens (tertiary/aromatic N) is 3. The summed E-state index contributed by atoms with van der Waals surface area (Å²) in [5.74, 6) is 0.352. The smallest absolute Gasteiger partial charge is 0.267 e. The van der Waals surface area contributed by atoms with Gasteiger partial charge in [0.15, 0.2) is 0 Å². The topological polar surface area (TPSA) is 66.7 Å². The molecule has 5 rings (SSSR count). The molecule has 1 saturated heterocycles. The molecule has 2 aromatic heterocycles. The lowest BCUT2D eigenvalue weighted by Gasteiger charge is -2.24. The van der Waals surface area contributed by atoms with Gasteiger partial charge in [-0.1, -0.05) is 79.6 Å². The molecule has 3 aromatic rings. The predicted octanol–water partition coefficient (Wildman–Crippen LogP) is 5.15. The van der Waals surface area contributed by atoms with Crippen molar-refractivity contribution in [2.24, 2.45) is 0 Å². The van der Waals surface area contributed by atoms with E-state index in [-0.39, 0.29) is 17.5 Å². The number of fused-ring (bicyclic) bond motifs is 1. The molecule has 1 aromatic carbocycles. The van der Waals surface area contributed by atoms with E-state index >= 15 is 0 Å². The Morgan fingerprint density at radius 1 is 1.12 bits per heavy atom. The third-order valence-electron chi connectivity index (χ3n) is 6.28. The number of rotatable bonds is 5. The number of thioether (sulfide) groups is 1. The zero-order valence-electron chi connectivity index (χ0n) is 19.0. The summed E-state index contributed by atoms with van der Waals surface area (Å²) in [5, 5.41) is 3.51. The highest BCUT2D eigenvalue weighted by Crippen LogP contribution is 2.34. The molecule has 2 aliphatic rings. The van der Waals surface area contributed by atoms with Gasteiger partial charge in [0.2, 0.25) is 0 Å². The maximum atomic E-state index is 13.6. The molecule has 0 radical (unpaired) electrons. The highest BCUT2D eigenvalue weighted by molar-refractivity contribution is 8.26. The van der Waals surface area contributed by atoms with Gasteiger partial charge >= 0.3 is 0 Å². The highest BCUT2D eigenvalue weighted by atomic mass is 32.2. The van der Waals surface area contributed by atoms with Crippen LogP contribution in [0.3, 0.4) is 0 Å². The number of carbonyl (C=O) groups is 1. The minimum absolute atomic E-state index is 0.184. The fourth-order valence-corrected chi connectivity index (χ4v) is 5.71. The second kappa shape index (κ2) is 9.72. The first kappa shape index (κ1) is 22.8. The number of nitrogens with one attached hydrogen (secondary N) is 1. The molecular formula is C26H26N4O2S2. The van der Waals surface area contributed by atoms with Gasteiger partial charge < -0.3 is 5.32 Å². The quantitative estimate of drug-likeness (QED) is 0.394. The van der Waals surface area contributed by atoms with Crippen LogP contribution in [0.2, 0.25) is 0 Å². The second-order valence-electron chi connectivity index (χ2n) is 8.85. The van der Waals surface area contributed by atoms with Crippen LogP contribution in [0.25, 0.3) is 11.7 Å². The lowest BCUT2D eigenvalue weighted by Crippen LogP contribution is -2.28. The lowest BCUT2D eigenvalue weighted by atomic mass is 9.95. The third kappa shape index (κ3) is 4.65. The molecule has 2 fully saturated rings. The minimum Gasteiger partial charge on any atom is -0.367 e. The van der Waals surface area contributed by atoms with Gasteiger partial charge in [-0.05, 0) is 43.0 Å². The van der Waals surface area contributed by atoms with Crippen LogP contribution in [0.5, 0.6) is 0 Å². The largest absolute Gasteiger partial charge is 0.367 e. The van der Waals surface area contributed by atoms with E-state index < -0.39 is 0 Å². The standard InChI is InChI=1S/C26H26N4O2S2/c1-17-12-13-22-28-23(27-19-10-6-3-7-11-19)20(24(31)29(22)15-17)14-21-25(32)30(26(33)34-21)16-18-8-4-2-5-9-18/h2,4-5,8-9,12-15,19,27H,3,6-7,10-11,16H2,1H3. The molecule has 0 atom stereocenters. The predicted molar refractivity (Wildman–Crippen MR) is 142 cm³/mol. The average Bonchev–Trinajstić information content (AvgIpc) is 3.11. The molecule has 1 aliphatic carbocycles. The monoisotopic (exact) mass is 490 g/mol. The van der Waals surface area contributed by atoms with Crippen LogP contribution in [0.15, 0.2) is 58.4 Å². The zero-order valence-corrected chi connectivity index (χ0v) is 20.6. The third-order valence-corrected chi connectivity index (χ3v) is 7.66. The van der Waals surface area contributed by atoms with Crippen molar-refractivity contribution in [3.63, 3.8) is 0 Å². The molecule has 3 heterocycles. The Morgan fingerprint density at radius 3 is 2.65 bits per heavy atom. The molecule has 174 valence electrons. The number of hydrogen-bond donors (Lipinski definition) is 1. The SMILES string of the molecule is Cc1ccc2nc(NC3CCCCC3)c(C=C3SC(=S)N(Cc4ccccc4)C3=O)c(=O)n2c1. The number of hydrogen-bond acceptors (Lipinski definition) is 6. The first-order valence-corrected chi connectivity index (χ1v) is 12.8. The van der Waals surface area contributed by atoms with E-state index in [1.165, 1.54) is 18.2 Å². The number of pyridine rings is 1. The molecule has 34 heavy (non-hydrogen) atoms. The summed E-state index contributed by atoms with van der Waals surface area (Å²) < 4.78 is 2.05. The second-order valence-corrected chi connectivity index (χ2v) is 10.5. The first-order valence-electron chi connectivity index (χ1n) is 11.6. The van der Waals surface area contributed by atoms with E-state index in [2.05, 4.69) is 5.32 Å². The molecule has 0 bridgehead atoms. The molecule has 0 spiro atoms. The van der Waals surface area contributed by atoms with Crippen molar-refractivity contribution < 1.29 is 4.79 Å². The Balaban J connectivity index is 1.54. The number of aromatic nitrogens is 2. The van der Waals surface area contributed by atoms with Crippen LogP contribution < -0.4 is 10.9 Å².